The van der Waals surface area contributed by atoms with Gasteiger partial charge in [0.05, 0.1) is 12.2 Å². The van der Waals surface area contributed by atoms with E-state index in [0.717, 1.165) is 0 Å². The highest BCUT2D eigenvalue weighted by atomic mass is 16.5. The Bertz CT molecular complexity index is 196. The predicted octanol–water partition coefficient (Wildman–Crippen LogP) is 4.04. The number of allylic oxidation sites excluding steroid dienone is 4. The molecule has 0 bridgehead atoms. The van der Waals surface area contributed by atoms with E-state index in [2.05, 4.69) is 0 Å². The molecule has 0 spiro atoms. The molecule has 2 atom stereocenters. The minimum Gasteiger partial charge on any atom is -0.359 e. The second-order valence-electron chi connectivity index (χ2n) is 3.17. The monoisotopic (exact) mass is 206 g/mol. The first-order chi connectivity index (χ1) is 7.28. The molecule has 0 aliphatic carbocycles. The lowest BCUT2D eigenvalue weighted by Gasteiger charge is -2.15. The quantitative estimate of drug-likeness (QED) is 0.596. The smallest absolute Gasteiger partial charge is 0.0949 e. The van der Waals surface area contributed by atoms with Crippen LogP contribution in [0.25, 0.3) is 0 Å². The fraction of sp³-hybridized carbons (Fsp3) is 0.429. The molecule has 0 saturated carbocycles. The molecule has 0 aromatic rings. The van der Waals surface area contributed by atoms with Crippen LogP contribution in [0.3, 0.4) is 0 Å². The Labute approximate surface area is 93.8 Å². The van der Waals surface area contributed by atoms with E-state index in [-0.39, 0.29) is 12.2 Å². The number of rotatable bonds is 6. The summed E-state index contributed by atoms with van der Waals surface area (Å²) in [6.07, 6.45) is 16.3. The van der Waals surface area contributed by atoms with E-state index in [1.165, 1.54) is 0 Å². The molecule has 0 heterocycles. The van der Waals surface area contributed by atoms with Gasteiger partial charge in [0.15, 0.2) is 0 Å². The van der Waals surface area contributed by atoms with Crippen molar-refractivity contribution in [2.45, 2.75) is 39.9 Å². The first-order valence-electron chi connectivity index (χ1n) is 5.45. The third kappa shape index (κ3) is 6.92. The second kappa shape index (κ2) is 9.47. The molecule has 1 heteroatoms. The molecule has 0 rings (SSSR count). The highest BCUT2D eigenvalue weighted by molar-refractivity contribution is 5.06. The van der Waals surface area contributed by atoms with Crippen LogP contribution in [0, 0.1) is 0 Å². The largest absolute Gasteiger partial charge is 0.359 e. The number of ether oxygens (including phenoxy) is 1. The SMILES string of the molecule is CC=CC(/C=C/C)OC(C=CC)/C=C/C. The summed E-state index contributed by atoms with van der Waals surface area (Å²) in [5, 5.41) is 0. The van der Waals surface area contributed by atoms with Gasteiger partial charge in [-0.25, -0.2) is 0 Å². The predicted molar refractivity (Wildman–Crippen MR) is 67.9 cm³/mol. The molecule has 0 aliphatic rings. The van der Waals surface area contributed by atoms with Crippen LogP contribution in [0.5, 0.6) is 0 Å². The molecule has 0 saturated heterocycles. The Morgan fingerprint density at radius 2 is 0.867 bits per heavy atom. The van der Waals surface area contributed by atoms with Gasteiger partial charge in [-0.1, -0.05) is 48.6 Å². The Balaban J connectivity index is 4.45. The van der Waals surface area contributed by atoms with Gasteiger partial charge < -0.3 is 4.74 Å². The highest BCUT2D eigenvalue weighted by Crippen LogP contribution is 2.06. The van der Waals surface area contributed by atoms with Gasteiger partial charge in [0.1, 0.15) is 0 Å². The lowest BCUT2D eigenvalue weighted by atomic mass is 10.2. The van der Waals surface area contributed by atoms with E-state index in [1.807, 2.05) is 76.3 Å². The molecule has 0 fully saturated rings. The van der Waals surface area contributed by atoms with Crippen molar-refractivity contribution in [1.29, 1.82) is 0 Å². The van der Waals surface area contributed by atoms with Gasteiger partial charge >= 0.3 is 0 Å². The summed E-state index contributed by atoms with van der Waals surface area (Å²) in [5.74, 6) is 0. The van der Waals surface area contributed by atoms with Gasteiger partial charge in [0, 0.05) is 0 Å². The van der Waals surface area contributed by atoms with Crippen LogP contribution in [0.15, 0.2) is 48.6 Å². The molecule has 2 unspecified atom stereocenters. The summed E-state index contributed by atoms with van der Waals surface area (Å²) in [5.41, 5.74) is 0. The molecule has 84 valence electrons. The maximum Gasteiger partial charge on any atom is 0.0949 e. The highest BCUT2D eigenvalue weighted by Gasteiger charge is 2.05. The lowest BCUT2D eigenvalue weighted by molar-refractivity contribution is 0.0960. The van der Waals surface area contributed by atoms with Gasteiger partial charge in [-0.15, -0.1) is 0 Å². The summed E-state index contributed by atoms with van der Waals surface area (Å²) in [7, 11) is 0. The van der Waals surface area contributed by atoms with Crippen LogP contribution in [-0.4, -0.2) is 12.2 Å². The van der Waals surface area contributed by atoms with Gasteiger partial charge in [-0.05, 0) is 27.7 Å². The van der Waals surface area contributed by atoms with Crippen molar-refractivity contribution >= 4 is 0 Å². The molecular formula is C14H22O. The van der Waals surface area contributed by atoms with Crippen molar-refractivity contribution in [2.24, 2.45) is 0 Å². The Morgan fingerprint density at radius 1 is 0.600 bits per heavy atom. The standard InChI is InChI=1S/C14H22O/c1-5-9-13(10-6-2)15-14(11-7-3)12-8-4/h5-14H,1-4H3/b9-5+,10-6?,11-7+,12-8?. The fourth-order valence-corrected chi connectivity index (χ4v) is 1.25. The molecule has 0 radical (unpaired) electrons. The topological polar surface area (TPSA) is 9.23 Å². The minimum atomic E-state index is 0.0531. The molecule has 0 aromatic carbocycles. The number of hydrogen-bond acceptors (Lipinski definition) is 1. The minimum absolute atomic E-state index is 0.0531. The molecule has 0 N–H and O–H groups in total. The summed E-state index contributed by atoms with van der Waals surface area (Å²) >= 11 is 0. The van der Waals surface area contributed by atoms with Crippen LogP contribution < -0.4 is 0 Å². The van der Waals surface area contributed by atoms with Crippen molar-refractivity contribution in [3.8, 4) is 0 Å². The maximum atomic E-state index is 5.86. The number of hydrogen-bond donors (Lipinski definition) is 0. The first kappa shape index (κ1) is 13.9. The molecule has 1 nitrogen and oxygen atoms in total. The molecule has 0 amide bonds. The zero-order chi connectivity index (χ0) is 11.5. The molecule has 0 aliphatic heterocycles. The summed E-state index contributed by atoms with van der Waals surface area (Å²) in [4.78, 5) is 0. The Kier molecular flexibility index (Phi) is 8.79. The van der Waals surface area contributed by atoms with Gasteiger partial charge in [-0.3, -0.25) is 0 Å². The van der Waals surface area contributed by atoms with E-state index >= 15 is 0 Å². The van der Waals surface area contributed by atoms with Gasteiger partial charge in [-0.2, -0.15) is 0 Å². The van der Waals surface area contributed by atoms with Crippen LogP contribution >= 0.6 is 0 Å². The maximum absolute atomic E-state index is 5.86. The Hall–Kier alpha value is -1.08. The van der Waals surface area contributed by atoms with Crippen molar-refractivity contribution < 1.29 is 4.74 Å². The normalized spacial score (nSPS) is 17.3. The van der Waals surface area contributed by atoms with Crippen molar-refractivity contribution in [3.05, 3.63) is 48.6 Å². The average molecular weight is 206 g/mol. The van der Waals surface area contributed by atoms with E-state index in [9.17, 15) is 0 Å². The summed E-state index contributed by atoms with van der Waals surface area (Å²) in [6.45, 7) is 8.00. The van der Waals surface area contributed by atoms with Crippen LogP contribution in [-0.2, 0) is 4.74 Å². The lowest BCUT2D eigenvalue weighted by Crippen LogP contribution is -2.15. The van der Waals surface area contributed by atoms with Crippen molar-refractivity contribution in [2.75, 3.05) is 0 Å². The van der Waals surface area contributed by atoms with Gasteiger partial charge in [0.25, 0.3) is 0 Å². The van der Waals surface area contributed by atoms with E-state index < -0.39 is 0 Å². The van der Waals surface area contributed by atoms with Crippen LogP contribution in [0.2, 0.25) is 0 Å². The van der Waals surface area contributed by atoms with Crippen LogP contribution in [0.1, 0.15) is 27.7 Å². The molecule has 15 heavy (non-hydrogen) atoms. The van der Waals surface area contributed by atoms with Crippen molar-refractivity contribution in [3.63, 3.8) is 0 Å². The average Bonchev–Trinajstić information content (AvgIpc) is 2.19. The molecule has 0 aromatic heterocycles. The summed E-state index contributed by atoms with van der Waals surface area (Å²) < 4.78 is 5.86. The van der Waals surface area contributed by atoms with E-state index in [0.29, 0.717) is 0 Å². The summed E-state index contributed by atoms with van der Waals surface area (Å²) in [6, 6.07) is 0. The van der Waals surface area contributed by atoms with E-state index in [1.54, 1.807) is 0 Å². The fourth-order valence-electron chi connectivity index (χ4n) is 1.25. The Morgan fingerprint density at radius 3 is 1.07 bits per heavy atom. The van der Waals surface area contributed by atoms with Crippen LogP contribution in [0.4, 0.5) is 0 Å². The van der Waals surface area contributed by atoms with Gasteiger partial charge in [0.2, 0.25) is 0 Å². The first-order valence-corrected chi connectivity index (χ1v) is 5.45. The molecular weight excluding hydrogens is 184 g/mol. The third-order valence-electron chi connectivity index (χ3n) is 1.84. The third-order valence-corrected chi connectivity index (χ3v) is 1.84. The van der Waals surface area contributed by atoms with E-state index in [4.69, 9.17) is 4.74 Å². The second-order valence-corrected chi connectivity index (χ2v) is 3.17. The zero-order valence-corrected chi connectivity index (χ0v) is 10.2. The zero-order valence-electron chi connectivity index (χ0n) is 10.2. The van der Waals surface area contributed by atoms with Crippen molar-refractivity contribution in [1.82, 2.24) is 0 Å².